The third kappa shape index (κ3) is 5.42. The van der Waals surface area contributed by atoms with Crippen LogP contribution in [0.4, 0.5) is 26.3 Å². The minimum atomic E-state index is -5.15. The minimum Gasteiger partial charge on any atom is -0.374 e. The van der Waals surface area contributed by atoms with Crippen molar-refractivity contribution in [3.05, 3.63) is 81.9 Å². The Kier molecular flexibility index (Phi) is 6.92. The van der Waals surface area contributed by atoms with Gasteiger partial charge in [0.1, 0.15) is 0 Å². The first-order valence-corrected chi connectivity index (χ1v) is 14.1. The van der Waals surface area contributed by atoms with Crippen molar-refractivity contribution in [2.75, 3.05) is 13.1 Å². The summed E-state index contributed by atoms with van der Waals surface area (Å²) in [4.78, 5) is 20.6. The summed E-state index contributed by atoms with van der Waals surface area (Å²) < 4.78 is 84.2. The molecule has 6 rings (SSSR count). The molecule has 0 spiro atoms. The predicted molar refractivity (Wildman–Crippen MR) is 146 cm³/mol. The molecule has 0 radical (unpaired) electrons. The number of rotatable bonds is 7. The molecule has 1 unspecified atom stereocenters. The molecule has 0 aromatic heterocycles. The Hall–Kier alpha value is -3.78. The van der Waals surface area contributed by atoms with Gasteiger partial charge in [-0.25, -0.2) is 0 Å². The van der Waals surface area contributed by atoms with Gasteiger partial charge in [-0.05, 0) is 66.6 Å². The molecule has 224 valence electrons. The van der Waals surface area contributed by atoms with Crippen LogP contribution in [0.2, 0.25) is 5.02 Å². The number of fused-ring (bicyclic) bond motifs is 1. The molecule has 43 heavy (non-hydrogen) atoms. The highest BCUT2D eigenvalue weighted by Crippen LogP contribution is 2.51. The van der Waals surface area contributed by atoms with Crippen LogP contribution in [0.3, 0.4) is 0 Å². The minimum absolute atomic E-state index is 0.141. The van der Waals surface area contributed by atoms with E-state index in [1.807, 2.05) is 0 Å². The van der Waals surface area contributed by atoms with E-state index in [0.29, 0.717) is 47.5 Å². The van der Waals surface area contributed by atoms with Gasteiger partial charge in [0.05, 0.1) is 22.8 Å². The standard InChI is InChI=1S/C31H24ClF6N3O2/c32-21-12-19(11-20(13-21)30(33,34)35)29(31(36,37)38)14-26(40-43-29)24-7-8-25(23-4-2-1-3-22(23)24)27(42)41(15-18-5-6-18)17-28(16-39)9-10-28/h1-4,7-8,11-13,18H,5-6,9-10,14-15,17H2. The fraction of sp³-hybridized carbons (Fsp3) is 0.387. The lowest BCUT2D eigenvalue weighted by Crippen LogP contribution is -2.43. The van der Waals surface area contributed by atoms with Gasteiger partial charge in [-0.2, -0.15) is 31.6 Å². The smallest absolute Gasteiger partial charge is 0.374 e. The van der Waals surface area contributed by atoms with Gasteiger partial charge in [0.2, 0.25) is 0 Å². The maximum Gasteiger partial charge on any atom is 0.435 e. The number of carbonyl (C=O) groups is 1. The Balaban J connectivity index is 1.37. The summed E-state index contributed by atoms with van der Waals surface area (Å²) in [7, 11) is 0. The summed E-state index contributed by atoms with van der Waals surface area (Å²) in [6.07, 6.45) is -7.57. The van der Waals surface area contributed by atoms with Gasteiger partial charge in [0.25, 0.3) is 11.5 Å². The molecule has 3 aromatic carbocycles. The summed E-state index contributed by atoms with van der Waals surface area (Å²) >= 11 is 5.83. The van der Waals surface area contributed by atoms with Crippen LogP contribution in [-0.4, -0.2) is 35.8 Å². The predicted octanol–water partition coefficient (Wildman–Crippen LogP) is 8.25. The normalized spacial score (nSPS) is 21.2. The molecule has 1 amide bonds. The molecule has 0 saturated heterocycles. The van der Waals surface area contributed by atoms with E-state index in [0.717, 1.165) is 31.7 Å². The second-order valence-corrected chi connectivity index (χ2v) is 12.0. The first-order valence-electron chi connectivity index (χ1n) is 13.7. The van der Waals surface area contributed by atoms with Gasteiger partial charge in [0.15, 0.2) is 0 Å². The van der Waals surface area contributed by atoms with Crippen LogP contribution in [0.15, 0.2) is 59.8 Å². The second-order valence-electron chi connectivity index (χ2n) is 11.6. The largest absolute Gasteiger partial charge is 0.435 e. The van der Waals surface area contributed by atoms with Crippen LogP contribution >= 0.6 is 11.6 Å². The van der Waals surface area contributed by atoms with Crippen molar-refractivity contribution in [3.63, 3.8) is 0 Å². The van der Waals surface area contributed by atoms with Crippen LogP contribution < -0.4 is 0 Å². The van der Waals surface area contributed by atoms with Crippen molar-refractivity contribution in [2.45, 2.75) is 50.1 Å². The fourth-order valence-electron chi connectivity index (χ4n) is 5.60. The lowest BCUT2D eigenvalue weighted by molar-refractivity contribution is -0.276. The zero-order valence-electron chi connectivity index (χ0n) is 22.5. The van der Waals surface area contributed by atoms with E-state index in [-0.39, 0.29) is 17.2 Å². The molecule has 0 bridgehead atoms. The second kappa shape index (κ2) is 10.2. The quantitative estimate of drug-likeness (QED) is 0.250. The Labute approximate surface area is 247 Å². The molecule has 12 heteroatoms. The van der Waals surface area contributed by atoms with Crippen LogP contribution in [0.5, 0.6) is 0 Å². The van der Waals surface area contributed by atoms with Gasteiger partial charge >= 0.3 is 12.4 Å². The third-order valence-electron chi connectivity index (χ3n) is 8.39. The zero-order chi connectivity index (χ0) is 30.8. The summed E-state index contributed by atoms with van der Waals surface area (Å²) in [5, 5.41) is 13.8. The molecule has 2 aliphatic carbocycles. The molecular formula is C31H24ClF6N3O2. The Morgan fingerprint density at radius 3 is 2.35 bits per heavy atom. The maximum atomic E-state index is 14.6. The number of nitrogens with zero attached hydrogens (tertiary/aromatic N) is 3. The summed E-state index contributed by atoms with van der Waals surface area (Å²) in [6, 6.07) is 13.7. The molecule has 2 saturated carbocycles. The molecule has 0 N–H and O–H groups in total. The van der Waals surface area contributed by atoms with E-state index >= 15 is 0 Å². The lowest BCUT2D eigenvalue weighted by atomic mass is 9.84. The Bertz CT molecular complexity index is 1690. The maximum absolute atomic E-state index is 14.6. The van der Waals surface area contributed by atoms with Crippen molar-refractivity contribution < 1.29 is 36.0 Å². The highest BCUT2D eigenvalue weighted by atomic mass is 35.5. The van der Waals surface area contributed by atoms with Crippen LogP contribution in [-0.2, 0) is 16.6 Å². The molecular weight excluding hydrogens is 596 g/mol. The Morgan fingerprint density at radius 2 is 1.74 bits per heavy atom. The summed E-state index contributed by atoms with van der Waals surface area (Å²) in [5.41, 5.74) is -5.48. The van der Waals surface area contributed by atoms with Gasteiger partial charge in [0, 0.05) is 41.2 Å². The van der Waals surface area contributed by atoms with E-state index in [9.17, 15) is 36.4 Å². The fourth-order valence-corrected chi connectivity index (χ4v) is 5.83. The number of hydrogen-bond acceptors (Lipinski definition) is 4. The van der Waals surface area contributed by atoms with Crippen molar-refractivity contribution >= 4 is 34.0 Å². The molecule has 1 atom stereocenters. The summed E-state index contributed by atoms with van der Waals surface area (Å²) in [5.74, 6) is 0.0952. The van der Waals surface area contributed by atoms with Crippen molar-refractivity contribution in [1.29, 1.82) is 5.26 Å². The number of halogens is 7. The van der Waals surface area contributed by atoms with E-state index in [4.69, 9.17) is 16.4 Å². The summed E-state index contributed by atoms with van der Waals surface area (Å²) in [6.45, 7) is 0.829. The van der Waals surface area contributed by atoms with Crippen molar-refractivity contribution in [1.82, 2.24) is 4.90 Å². The number of oxime groups is 1. The topological polar surface area (TPSA) is 65.7 Å². The number of benzene rings is 3. The number of hydrogen-bond donors (Lipinski definition) is 0. The van der Waals surface area contributed by atoms with Crippen molar-refractivity contribution in [3.8, 4) is 6.07 Å². The van der Waals surface area contributed by atoms with Crippen LogP contribution in [0.1, 0.15) is 59.2 Å². The first-order chi connectivity index (χ1) is 20.3. The van der Waals surface area contributed by atoms with Gasteiger partial charge in [-0.1, -0.05) is 47.1 Å². The van der Waals surface area contributed by atoms with E-state index in [1.54, 1.807) is 29.2 Å². The highest BCUT2D eigenvalue weighted by Gasteiger charge is 2.63. The average molecular weight is 620 g/mol. The number of carbonyl (C=O) groups excluding carboxylic acids is 1. The van der Waals surface area contributed by atoms with Crippen LogP contribution in [0, 0.1) is 22.7 Å². The van der Waals surface area contributed by atoms with E-state index in [1.165, 1.54) is 12.1 Å². The molecule has 2 fully saturated rings. The lowest BCUT2D eigenvalue weighted by Gasteiger charge is -2.30. The molecule has 1 heterocycles. The number of amides is 1. The molecule has 3 aliphatic rings. The van der Waals surface area contributed by atoms with Gasteiger partial charge in [-0.3, -0.25) is 4.79 Å². The SMILES string of the molecule is N#CC1(CN(CC2CC2)C(=O)c2ccc(C3=NOC(c4cc(Cl)cc(C(F)(F)F)c4)(C(F)(F)F)C3)c3ccccc23)CC1. The van der Waals surface area contributed by atoms with E-state index < -0.39 is 45.9 Å². The first kappa shape index (κ1) is 29.3. The monoisotopic (exact) mass is 619 g/mol. The average Bonchev–Trinajstić information content (AvgIpc) is 3.88. The van der Waals surface area contributed by atoms with Crippen LogP contribution in [0.25, 0.3) is 10.8 Å². The molecule has 1 aliphatic heterocycles. The Morgan fingerprint density at radius 1 is 1.05 bits per heavy atom. The number of nitriles is 1. The van der Waals surface area contributed by atoms with Crippen molar-refractivity contribution in [2.24, 2.45) is 16.5 Å². The van der Waals surface area contributed by atoms with Gasteiger partial charge < -0.3 is 9.74 Å². The zero-order valence-corrected chi connectivity index (χ0v) is 23.3. The molecule has 5 nitrogen and oxygen atoms in total. The van der Waals surface area contributed by atoms with Gasteiger partial charge in [-0.15, -0.1) is 0 Å². The number of alkyl halides is 6. The third-order valence-corrected chi connectivity index (χ3v) is 8.61. The molecule has 3 aromatic rings. The highest BCUT2D eigenvalue weighted by molar-refractivity contribution is 6.30. The van der Waals surface area contributed by atoms with E-state index in [2.05, 4.69) is 11.2 Å².